The highest BCUT2D eigenvalue weighted by atomic mass is 16.5. The maximum absolute atomic E-state index is 12.2. The molecular weight excluding hydrogens is 296 g/mol. The Kier molecular flexibility index (Phi) is 3.77. The van der Waals surface area contributed by atoms with E-state index < -0.39 is 5.92 Å². The second kappa shape index (κ2) is 5.75. The molecule has 0 saturated heterocycles. The lowest BCUT2D eigenvalue weighted by atomic mass is 9.86. The topological polar surface area (TPSA) is 78.3 Å². The molecule has 1 aromatic heterocycles. The van der Waals surface area contributed by atoms with Gasteiger partial charge in [0, 0.05) is 5.70 Å². The molecule has 7 heteroatoms. The van der Waals surface area contributed by atoms with Gasteiger partial charge in [-0.2, -0.15) is 10.1 Å². The number of fused-ring (bicyclic) bond motifs is 1. The first-order chi connectivity index (χ1) is 11.1. The Hall–Kier alpha value is -2.83. The fourth-order valence-corrected chi connectivity index (χ4v) is 2.93. The van der Waals surface area contributed by atoms with Crippen molar-refractivity contribution < 1.29 is 14.3 Å². The normalized spacial score (nSPS) is 19.7. The van der Waals surface area contributed by atoms with Crippen LogP contribution in [0, 0.1) is 5.92 Å². The Labute approximate surface area is 133 Å². The maximum Gasteiger partial charge on any atom is 0.226 e. The number of nitrogens with zero attached hydrogens (tertiary/aromatic N) is 3. The largest absolute Gasteiger partial charge is 0.493 e. The van der Waals surface area contributed by atoms with E-state index in [1.807, 2.05) is 18.2 Å². The van der Waals surface area contributed by atoms with Crippen LogP contribution in [0.25, 0.3) is 0 Å². The van der Waals surface area contributed by atoms with Crippen LogP contribution >= 0.6 is 0 Å². The third-order valence-corrected chi connectivity index (χ3v) is 3.99. The Balaban J connectivity index is 2.15. The van der Waals surface area contributed by atoms with Crippen molar-refractivity contribution in [1.82, 2.24) is 14.8 Å². The fraction of sp³-hybridized carbons (Fsp3) is 0.312. The summed E-state index contributed by atoms with van der Waals surface area (Å²) in [5.74, 6) is 1.35. The average molecular weight is 314 g/mol. The number of rotatable bonds is 4. The van der Waals surface area contributed by atoms with Crippen LogP contribution in [0.3, 0.4) is 0 Å². The van der Waals surface area contributed by atoms with Gasteiger partial charge in [-0.25, -0.2) is 4.68 Å². The minimum absolute atomic E-state index is 0.00318. The highest BCUT2D eigenvalue weighted by molar-refractivity contribution is 5.83. The van der Waals surface area contributed by atoms with Crippen molar-refractivity contribution >= 4 is 11.7 Å². The average Bonchev–Trinajstić information content (AvgIpc) is 3.00. The van der Waals surface area contributed by atoms with Gasteiger partial charge in [0.1, 0.15) is 12.1 Å². The number of anilines is 1. The van der Waals surface area contributed by atoms with E-state index in [2.05, 4.69) is 22.0 Å². The highest BCUT2D eigenvalue weighted by Gasteiger charge is 2.37. The Morgan fingerprint density at radius 1 is 1.30 bits per heavy atom. The molecule has 0 fully saturated rings. The molecule has 1 N–H and O–H groups in total. The van der Waals surface area contributed by atoms with E-state index in [-0.39, 0.29) is 11.8 Å². The molecule has 23 heavy (non-hydrogen) atoms. The summed E-state index contributed by atoms with van der Waals surface area (Å²) in [5, 5.41) is 7.30. The van der Waals surface area contributed by atoms with E-state index in [1.54, 1.807) is 25.8 Å². The van der Waals surface area contributed by atoms with Gasteiger partial charge in [0.2, 0.25) is 5.95 Å². The lowest BCUT2D eigenvalue weighted by Gasteiger charge is -2.33. The van der Waals surface area contributed by atoms with Crippen molar-refractivity contribution in [1.29, 1.82) is 0 Å². The second-order valence-electron chi connectivity index (χ2n) is 5.33. The lowest BCUT2D eigenvalue weighted by Crippen LogP contribution is -2.36. The van der Waals surface area contributed by atoms with Crippen molar-refractivity contribution in [3.05, 3.63) is 42.4 Å². The molecular formula is C16H18N4O3. The molecule has 0 aliphatic carbocycles. The van der Waals surface area contributed by atoms with Gasteiger partial charge < -0.3 is 14.8 Å². The molecule has 2 aromatic rings. The summed E-state index contributed by atoms with van der Waals surface area (Å²) in [6.07, 6.45) is 1.45. The summed E-state index contributed by atoms with van der Waals surface area (Å²) in [6, 6.07) is 5.22. The number of nitrogens with one attached hydrogen (secondary N) is 1. The second-order valence-corrected chi connectivity index (χ2v) is 5.33. The van der Waals surface area contributed by atoms with E-state index in [9.17, 15) is 4.79 Å². The third-order valence-electron chi connectivity index (χ3n) is 3.99. The zero-order chi connectivity index (χ0) is 16.6. The molecule has 2 unspecified atom stereocenters. The highest BCUT2D eigenvalue weighted by Crippen LogP contribution is 2.40. The number of hydrogen-bond donors (Lipinski definition) is 1. The number of aromatic nitrogens is 3. The van der Waals surface area contributed by atoms with Gasteiger partial charge in [-0.3, -0.25) is 4.79 Å². The van der Waals surface area contributed by atoms with E-state index >= 15 is 0 Å². The molecule has 1 aliphatic rings. The summed E-state index contributed by atoms with van der Waals surface area (Å²) in [5.41, 5.74) is 1.48. The number of hydrogen-bond acceptors (Lipinski definition) is 6. The Morgan fingerprint density at radius 2 is 2.04 bits per heavy atom. The number of carbonyl (C=O) groups excluding carboxylic acids is 1. The Bertz CT molecular complexity index is 768. The van der Waals surface area contributed by atoms with Crippen molar-refractivity contribution in [3.63, 3.8) is 0 Å². The van der Waals surface area contributed by atoms with Crippen LogP contribution in [0.2, 0.25) is 0 Å². The summed E-state index contributed by atoms with van der Waals surface area (Å²) >= 11 is 0. The molecule has 0 spiro atoms. The molecule has 0 saturated carbocycles. The summed E-state index contributed by atoms with van der Waals surface area (Å²) < 4.78 is 12.3. The molecule has 7 nitrogen and oxygen atoms in total. The predicted molar refractivity (Wildman–Crippen MR) is 84.6 cm³/mol. The van der Waals surface area contributed by atoms with Crippen LogP contribution in [-0.2, 0) is 4.79 Å². The summed E-state index contributed by atoms with van der Waals surface area (Å²) in [4.78, 5) is 16.3. The van der Waals surface area contributed by atoms with Gasteiger partial charge in [-0.1, -0.05) is 12.6 Å². The zero-order valence-electron chi connectivity index (χ0n) is 13.2. The van der Waals surface area contributed by atoms with Gasteiger partial charge in [0.25, 0.3) is 0 Å². The molecule has 120 valence electrons. The standard InChI is InChI=1S/C16H18N4O3/c1-9-14(10(2)21)15(20-16(19-9)17-8-18-20)11-5-6-12(22-3)13(7-11)23-4/h5-8,14-15H,1H2,2-4H3,(H,17,18,19). The Morgan fingerprint density at radius 3 is 2.70 bits per heavy atom. The minimum Gasteiger partial charge on any atom is -0.493 e. The first-order valence-electron chi connectivity index (χ1n) is 7.14. The van der Waals surface area contributed by atoms with Gasteiger partial charge in [0.05, 0.1) is 26.2 Å². The van der Waals surface area contributed by atoms with Crippen molar-refractivity contribution in [2.24, 2.45) is 5.92 Å². The van der Waals surface area contributed by atoms with Gasteiger partial charge >= 0.3 is 0 Å². The zero-order valence-corrected chi connectivity index (χ0v) is 13.2. The molecule has 1 aromatic carbocycles. The van der Waals surface area contributed by atoms with Gasteiger partial charge in [-0.05, 0) is 24.6 Å². The number of Topliss-reactive ketones (excluding diaryl/α,β-unsaturated/α-hetero) is 1. The van der Waals surface area contributed by atoms with Crippen LogP contribution in [0.5, 0.6) is 11.5 Å². The van der Waals surface area contributed by atoms with Crippen molar-refractivity contribution in [2.45, 2.75) is 13.0 Å². The molecule has 2 heterocycles. The van der Waals surface area contributed by atoms with Crippen LogP contribution in [0.15, 0.2) is 36.8 Å². The summed E-state index contributed by atoms with van der Waals surface area (Å²) in [6.45, 7) is 5.53. The van der Waals surface area contributed by atoms with Gasteiger partial charge in [0.15, 0.2) is 11.5 Å². The molecule has 0 amide bonds. The van der Waals surface area contributed by atoms with Crippen LogP contribution in [0.4, 0.5) is 5.95 Å². The van der Waals surface area contributed by atoms with E-state index in [0.29, 0.717) is 23.1 Å². The van der Waals surface area contributed by atoms with Crippen LogP contribution < -0.4 is 14.8 Å². The molecule has 2 atom stereocenters. The SMILES string of the molecule is C=C1Nc2ncnn2C(c2ccc(OC)c(OC)c2)C1C(C)=O. The first kappa shape index (κ1) is 15.1. The van der Waals surface area contributed by atoms with E-state index in [4.69, 9.17) is 9.47 Å². The minimum atomic E-state index is -0.442. The quantitative estimate of drug-likeness (QED) is 0.930. The number of ether oxygens (including phenoxy) is 2. The number of methoxy groups -OCH3 is 2. The van der Waals surface area contributed by atoms with Crippen molar-refractivity contribution in [2.75, 3.05) is 19.5 Å². The van der Waals surface area contributed by atoms with Gasteiger partial charge in [-0.15, -0.1) is 0 Å². The molecule has 3 rings (SSSR count). The summed E-state index contributed by atoms with van der Waals surface area (Å²) in [7, 11) is 3.16. The fourth-order valence-electron chi connectivity index (χ4n) is 2.93. The van der Waals surface area contributed by atoms with E-state index in [1.165, 1.54) is 6.33 Å². The third kappa shape index (κ3) is 2.44. The molecule has 0 radical (unpaired) electrons. The monoisotopic (exact) mass is 314 g/mol. The van der Waals surface area contributed by atoms with Crippen LogP contribution in [-0.4, -0.2) is 34.8 Å². The smallest absolute Gasteiger partial charge is 0.226 e. The van der Waals surface area contributed by atoms with Crippen LogP contribution in [0.1, 0.15) is 18.5 Å². The number of allylic oxidation sites excluding steroid dienone is 1. The van der Waals surface area contributed by atoms with E-state index in [0.717, 1.165) is 5.56 Å². The number of carbonyl (C=O) groups is 1. The molecule has 0 bridgehead atoms. The van der Waals surface area contributed by atoms with Crippen molar-refractivity contribution in [3.8, 4) is 11.5 Å². The first-order valence-corrected chi connectivity index (χ1v) is 7.14. The predicted octanol–water partition coefficient (Wildman–Crippen LogP) is 2.03. The molecule has 1 aliphatic heterocycles. The lowest BCUT2D eigenvalue weighted by molar-refractivity contribution is -0.120. The number of ketones is 1. The maximum atomic E-state index is 12.2. The number of benzene rings is 1.